The van der Waals surface area contributed by atoms with E-state index >= 15 is 0 Å². The van der Waals surface area contributed by atoms with Crippen LogP contribution in [-0.4, -0.2) is 78.0 Å². The number of nitrogens with zero attached hydrogens (tertiary/aromatic N) is 1. The molecule has 13 heteroatoms. The van der Waals surface area contributed by atoms with Crippen LogP contribution in [0.25, 0.3) is 0 Å². The molecule has 2 heterocycles. The molecular formula is C32H43N5O7S. The van der Waals surface area contributed by atoms with Crippen molar-refractivity contribution in [3.63, 3.8) is 0 Å². The number of amides is 3. The number of carboxylic acids is 1. The van der Waals surface area contributed by atoms with Crippen molar-refractivity contribution in [1.82, 2.24) is 15.5 Å². The van der Waals surface area contributed by atoms with Crippen LogP contribution < -0.4 is 21.1 Å². The van der Waals surface area contributed by atoms with Gasteiger partial charge in [0.25, 0.3) is 0 Å². The van der Waals surface area contributed by atoms with Crippen molar-refractivity contribution in [2.75, 3.05) is 26.4 Å². The van der Waals surface area contributed by atoms with Crippen molar-refractivity contribution in [3.8, 4) is 5.75 Å². The van der Waals surface area contributed by atoms with Gasteiger partial charge in [0.05, 0.1) is 25.8 Å². The van der Waals surface area contributed by atoms with Crippen LogP contribution in [0.15, 0.2) is 41.8 Å². The summed E-state index contributed by atoms with van der Waals surface area (Å²) in [6.07, 6.45) is 4.10. The highest BCUT2D eigenvalue weighted by molar-refractivity contribution is 7.10. The minimum absolute atomic E-state index is 0.0433. The molecule has 3 amide bonds. The van der Waals surface area contributed by atoms with E-state index < -0.39 is 12.0 Å². The molecule has 1 aromatic carbocycles. The smallest absolute Gasteiger partial charge is 0.303 e. The first kappa shape index (κ1) is 33.9. The first-order valence-electron chi connectivity index (χ1n) is 15.4. The quantitative estimate of drug-likeness (QED) is 0.0880. The summed E-state index contributed by atoms with van der Waals surface area (Å²) in [5, 5.41) is 23.9. The van der Waals surface area contributed by atoms with Crippen molar-refractivity contribution in [2.45, 2.75) is 76.4 Å². The highest BCUT2D eigenvalue weighted by atomic mass is 32.1. The van der Waals surface area contributed by atoms with E-state index in [0.29, 0.717) is 44.6 Å². The third kappa shape index (κ3) is 9.51. The van der Waals surface area contributed by atoms with Crippen molar-refractivity contribution in [3.05, 3.63) is 52.2 Å². The second-order valence-corrected chi connectivity index (χ2v) is 12.7. The Labute approximate surface area is 267 Å². The van der Waals surface area contributed by atoms with Gasteiger partial charge >= 0.3 is 5.97 Å². The van der Waals surface area contributed by atoms with Crippen LogP contribution in [0.4, 0.5) is 0 Å². The predicted molar refractivity (Wildman–Crippen MR) is 169 cm³/mol. The number of benzene rings is 1. The number of carbonyl (C=O) groups is 4. The number of rotatable bonds is 19. The van der Waals surface area contributed by atoms with Crippen molar-refractivity contribution < 1.29 is 33.8 Å². The third-order valence-corrected chi connectivity index (χ3v) is 9.41. The summed E-state index contributed by atoms with van der Waals surface area (Å²) in [7, 11) is 0. The molecule has 1 saturated heterocycles. The molecule has 1 saturated carbocycles. The van der Waals surface area contributed by atoms with Crippen molar-refractivity contribution in [1.29, 1.82) is 5.41 Å². The number of nitrogens with two attached hydrogens (primary N) is 1. The molecule has 0 unspecified atom stereocenters. The molecule has 2 aromatic rings. The van der Waals surface area contributed by atoms with E-state index in [-0.39, 0.29) is 60.4 Å². The Balaban J connectivity index is 1.30. The van der Waals surface area contributed by atoms with E-state index in [1.165, 1.54) is 11.3 Å². The van der Waals surface area contributed by atoms with E-state index in [4.69, 9.17) is 25.7 Å². The Morgan fingerprint density at radius 1 is 1.11 bits per heavy atom. The number of carbonyl (C=O) groups excluding carboxylic acids is 3. The molecule has 12 nitrogen and oxygen atoms in total. The number of likely N-dealkylation sites (tertiary alicyclic amines) is 1. The summed E-state index contributed by atoms with van der Waals surface area (Å²) in [6, 6.07) is 9.89. The molecule has 1 aromatic heterocycles. The topological polar surface area (TPSA) is 184 Å². The van der Waals surface area contributed by atoms with Gasteiger partial charge in [-0.05, 0) is 57.2 Å². The number of nitrogen functional groups attached to an aromatic ring is 1. The number of para-hydroxylation sites is 1. The summed E-state index contributed by atoms with van der Waals surface area (Å²) in [5.74, 6) is -0.979. The number of amidine groups is 1. The van der Waals surface area contributed by atoms with Crippen LogP contribution in [0.1, 0.15) is 74.8 Å². The number of unbranched alkanes of at least 4 members (excludes halogenated alkanes) is 2. The van der Waals surface area contributed by atoms with Gasteiger partial charge in [-0.25, -0.2) is 0 Å². The number of hydrogen-bond acceptors (Lipinski definition) is 8. The molecule has 0 radical (unpaired) electrons. The maximum absolute atomic E-state index is 13.6. The number of hydrogen-bond donors (Lipinski definition) is 5. The van der Waals surface area contributed by atoms with Gasteiger partial charge < -0.3 is 35.8 Å². The fraction of sp³-hybridized carbons (Fsp3) is 0.531. The second-order valence-electron chi connectivity index (χ2n) is 11.8. The van der Waals surface area contributed by atoms with E-state index in [2.05, 4.69) is 10.6 Å². The first-order valence-corrected chi connectivity index (χ1v) is 16.3. The minimum atomic E-state index is -0.809. The van der Waals surface area contributed by atoms with E-state index in [1.807, 2.05) is 37.3 Å². The lowest BCUT2D eigenvalue weighted by molar-refractivity contribution is -0.140. The molecule has 0 spiro atoms. The Bertz CT molecular complexity index is 1350. The number of nitrogens with one attached hydrogen (secondary N) is 3. The van der Waals surface area contributed by atoms with Gasteiger partial charge in [-0.15, -0.1) is 11.3 Å². The SMILES string of the molecule is C[C@@H](NC(=O)[C@@H]1C[C@]2(COCCCCCC(=O)O)C[C@@H]2N1C(=O)CNC(=O)CCCOc1ccccc1)c1cc(C(=N)N)cs1. The number of piperidine rings is 1. The highest BCUT2D eigenvalue weighted by Gasteiger charge is 2.67. The van der Waals surface area contributed by atoms with E-state index in [9.17, 15) is 19.2 Å². The molecule has 1 aliphatic heterocycles. The minimum Gasteiger partial charge on any atom is -0.494 e. The summed E-state index contributed by atoms with van der Waals surface area (Å²) < 4.78 is 11.6. The summed E-state index contributed by atoms with van der Waals surface area (Å²) in [4.78, 5) is 52.7. The van der Waals surface area contributed by atoms with Gasteiger partial charge in [0, 0.05) is 46.7 Å². The number of aliphatic carboxylic acids is 1. The lowest BCUT2D eigenvalue weighted by Gasteiger charge is -2.28. The Morgan fingerprint density at radius 3 is 2.60 bits per heavy atom. The summed E-state index contributed by atoms with van der Waals surface area (Å²) >= 11 is 1.40. The predicted octanol–water partition coefficient (Wildman–Crippen LogP) is 3.21. The second kappa shape index (κ2) is 15.8. The zero-order chi connectivity index (χ0) is 32.4. The van der Waals surface area contributed by atoms with Gasteiger partial charge in [-0.2, -0.15) is 0 Å². The van der Waals surface area contributed by atoms with Crippen molar-refractivity contribution >= 4 is 40.9 Å². The normalized spacial score (nSPS) is 20.6. The van der Waals surface area contributed by atoms with E-state index in [0.717, 1.165) is 29.9 Å². The maximum Gasteiger partial charge on any atom is 0.303 e. The van der Waals surface area contributed by atoms with Gasteiger partial charge in [0.2, 0.25) is 17.7 Å². The average molecular weight is 642 g/mol. The van der Waals surface area contributed by atoms with Crippen LogP contribution in [0, 0.1) is 10.8 Å². The van der Waals surface area contributed by atoms with Gasteiger partial charge in [0.15, 0.2) is 0 Å². The highest BCUT2D eigenvalue weighted by Crippen LogP contribution is 2.59. The molecule has 2 fully saturated rings. The van der Waals surface area contributed by atoms with Crippen LogP contribution in [-0.2, 0) is 23.9 Å². The fourth-order valence-electron chi connectivity index (χ4n) is 5.75. The van der Waals surface area contributed by atoms with Gasteiger partial charge in [-0.3, -0.25) is 24.6 Å². The van der Waals surface area contributed by atoms with Crippen LogP contribution in [0.5, 0.6) is 5.75 Å². The molecule has 0 bridgehead atoms. The number of ether oxygens (including phenoxy) is 2. The van der Waals surface area contributed by atoms with Crippen LogP contribution >= 0.6 is 11.3 Å². The van der Waals surface area contributed by atoms with Gasteiger partial charge in [0.1, 0.15) is 17.6 Å². The Morgan fingerprint density at radius 2 is 1.89 bits per heavy atom. The molecule has 1 aliphatic carbocycles. The molecule has 244 valence electrons. The average Bonchev–Trinajstić information content (AvgIpc) is 3.34. The molecule has 6 N–H and O–H groups in total. The fourth-order valence-corrected chi connectivity index (χ4v) is 6.66. The van der Waals surface area contributed by atoms with Crippen molar-refractivity contribution in [2.24, 2.45) is 11.1 Å². The maximum atomic E-state index is 13.6. The Hall–Kier alpha value is -3.97. The monoisotopic (exact) mass is 641 g/mol. The summed E-state index contributed by atoms with van der Waals surface area (Å²) in [6.45, 7) is 2.90. The molecule has 2 aliphatic rings. The first-order chi connectivity index (χ1) is 21.6. The van der Waals surface area contributed by atoms with Crippen LogP contribution in [0.2, 0.25) is 0 Å². The number of fused-ring (bicyclic) bond motifs is 1. The molecule has 45 heavy (non-hydrogen) atoms. The third-order valence-electron chi connectivity index (χ3n) is 8.29. The zero-order valence-corrected chi connectivity index (χ0v) is 26.4. The standard InChI is InChI=1S/C32H43N5O7S/c1-21(25-15-22(19-45-25)30(33)34)36-31(42)24-16-32(20-43-13-7-3-6-12-29(40)41)17-26(32)37(24)28(39)18-35-27(38)11-8-14-44-23-9-4-2-5-10-23/h2,4-5,9-10,15,19,21,24,26H,3,6-8,11-14,16-18,20H2,1H3,(H3,33,34)(H,35,38)(H,36,42)(H,40,41)/t21-,24+,26+,32-/m1/s1. The molecular weight excluding hydrogens is 598 g/mol. The molecule has 4 atom stereocenters. The Kier molecular flexibility index (Phi) is 11.9. The molecule has 4 rings (SSSR count). The van der Waals surface area contributed by atoms with Gasteiger partial charge in [-0.1, -0.05) is 24.6 Å². The number of carboxylic acid groups (broad SMARTS) is 1. The zero-order valence-electron chi connectivity index (χ0n) is 25.6. The lowest BCUT2D eigenvalue weighted by atomic mass is 10.00. The van der Waals surface area contributed by atoms with E-state index in [1.54, 1.807) is 16.3 Å². The number of thiophene rings is 1. The van der Waals surface area contributed by atoms with Crippen LogP contribution in [0.3, 0.4) is 0 Å². The largest absolute Gasteiger partial charge is 0.494 e. The lowest BCUT2D eigenvalue weighted by Crippen LogP contribution is -2.51. The summed E-state index contributed by atoms with van der Waals surface area (Å²) in [5.41, 5.74) is 5.86.